The first-order valence-corrected chi connectivity index (χ1v) is 7.33. The predicted molar refractivity (Wildman–Crippen MR) is 78.2 cm³/mol. The normalized spacial score (nSPS) is 18.7. The van der Waals surface area contributed by atoms with Crippen molar-refractivity contribution in [1.82, 2.24) is 25.1 Å². The molecule has 1 fully saturated rings. The highest BCUT2D eigenvalue weighted by atomic mass is 16.2. The van der Waals surface area contributed by atoms with Gasteiger partial charge in [0, 0.05) is 18.7 Å². The van der Waals surface area contributed by atoms with E-state index >= 15 is 0 Å². The molecular weight excluding hydrogens is 266 g/mol. The molecule has 1 aliphatic heterocycles. The molecular formula is C15H19N5O. The van der Waals surface area contributed by atoms with Gasteiger partial charge in [-0.1, -0.05) is 37.3 Å². The summed E-state index contributed by atoms with van der Waals surface area (Å²) in [4.78, 5) is 15.5. The summed E-state index contributed by atoms with van der Waals surface area (Å²) in [6.07, 6.45) is 2.27. The van der Waals surface area contributed by atoms with Gasteiger partial charge in [-0.05, 0) is 24.0 Å². The van der Waals surface area contributed by atoms with Gasteiger partial charge >= 0.3 is 0 Å². The number of hydrogen-bond donors (Lipinski definition) is 0. The summed E-state index contributed by atoms with van der Waals surface area (Å²) in [5.41, 5.74) is 0.905. The summed E-state index contributed by atoms with van der Waals surface area (Å²) in [6, 6.07) is 9.65. The molecule has 1 atom stereocenters. The zero-order valence-electron chi connectivity index (χ0n) is 12.1. The molecule has 110 valence electrons. The average molecular weight is 285 g/mol. The van der Waals surface area contributed by atoms with Crippen molar-refractivity contribution in [3.05, 3.63) is 30.3 Å². The van der Waals surface area contributed by atoms with Gasteiger partial charge in [-0.15, -0.1) is 10.2 Å². The maximum atomic E-state index is 12.3. The molecule has 21 heavy (non-hydrogen) atoms. The summed E-state index contributed by atoms with van der Waals surface area (Å²) >= 11 is 0. The molecule has 0 aliphatic carbocycles. The number of rotatable bonds is 3. The van der Waals surface area contributed by atoms with Crippen molar-refractivity contribution in [1.29, 1.82) is 0 Å². The molecule has 2 aromatic rings. The van der Waals surface area contributed by atoms with Gasteiger partial charge in [-0.3, -0.25) is 4.79 Å². The highest BCUT2D eigenvalue weighted by molar-refractivity contribution is 5.75. The molecule has 6 nitrogen and oxygen atoms in total. The standard InChI is InChI=1S/C15H19N5O/c1-12-6-5-9-19(10-12)14(21)11-20-17-15(16-18-20)13-7-3-2-4-8-13/h2-4,7-8,12H,5-6,9-11H2,1H3/t12-/m0/s1. The Morgan fingerprint density at radius 3 is 2.90 bits per heavy atom. The second kappa shape index (κ2) is 6.03. The fraction of sp³-hybridized carbons (Fsp3) is 0.467. The molecule has 0 saturated carbocycles. The predicted octanol–water partition coefficient (Wildman–Crippen LogP) is 1.60. The van der Waals surface area contributed by atoms with Crippen LogP contribution in [-0.2, 0) is 11.3 Å². The second-order valence-corrected chi connectivity index (χ2v) is 5.60. The largest absolute Gasteiger partial charge is 0.341 e. The van der Waals surface area contributed by atoms with Crippen molar-refractivity contribution in [2.75, 3.05) is 13.1 Å². The minimum absolute atomic E-state index is 0.0681. The fourth-order valence-electron chi connectivity index (χ4n) is 2.65. The minimum atomic E-state index is 0.0681. The smallest absolute Gasteiger partial charge is 0.246 e. The van der Waals surface area contributed by atoms with Gasteiger partial charge in [0.25, 0.3) is 0 Å². The van der Waals surface area contributed by atoms with Crippen LogP contribution < -0.4 is 0 Å². The van der Waals surface area contributed by atoms with Crippen molar-refractivity contribution in [3.8, 4) is 11.4 Å². The lowest BCUT2D eigenvalue weighted by molar-refractivity contribution is -0.134. The van der Waals surface area contributed by atoms with E-state index in [0.717, 1.165) is 25.1 Å². The summed E-state index contributed by atoms with van der Waals surface area (Å²) < 4.78 is 0. The molecule has 6 heteroatoms. The number of likely N-dealkylation sites (tertiary alicyclic amines) is 1. The molecule has 1 aromatic carbocycles. The molecule has 0 N–H and O–H groups in total. The van der Waals surface area contributed by atoms with Crippen LogP contribution in [0, 0.1) is 5.92 Å². The maximum absolute atomic E-state index is 12.3. The molecule has 0 radical (unpaired) electrons. The van der Waals surface area contributed by atoms with Crippen LogP contribution in [0.4, 0.5) is 0 Å². The zero-order chi connectivity index (χ0) is 14.7. The number of tetrazole rings is 1. The van der Waals surface area contributed by atoms with Crippen molar-refractivity contribution in [2.24, 2.45) is 5.92 Å². The van der Waals surface area contributed by atoms with Gasteiger partial charge < -0.3 is 4.90 Å². The molecule has 1 saturated heterocycles. The van der Waals surface area contributed by atoms with E-state index in [4.69, 9.17) is 0 Å². The first-order chi connectivity index (χ1) is 10.2. The van der Waals surface area contributed by atoms with Crippen LogP contribution in [0.5, 0.6) is 0 Å². The number of aromatic nitrogens is 4. The molecule has 2 heterocycles. The number of benzene rings is 1. The molecule has 1 aromatic heterocycles. The molecule has 0 unspecified atom stereocenters. The van der Waals surface area contributed by atoms with Crippen LogP contribution in [0.2, 0.25) is 0 Å². The molecule has 1 amide bonds. The van der Waals surface area contributed by atoms with Crippen LogP contribution in [0.15, 0.2) is 30.3 Å². The second-order valence-electron chi connectivity index (χ2n) is 5.60. The Bertz CT molecular complexity index is 610. The Morgan fingerprint density at radius 1 is 1.33 bits per heavy atom. The molecule has 0 spiro atoms. The van der Waals surface area contributed by atoms with Crippen molar-refractivity contribution in [2.45, 2.75) is 26.3 Å². The Balaban J connectivity index is 1.66. The number of carbonyl (C=O) groups is 1. The van der Waals surface area contributed by atoms with Gasteiger partial charge in [0.05, 0.1) is 0 Å². The number of carbonyl (C=O) groups excluding carboxylic acids is 1. The van der Waals surface area contributed by atoms with Crippen molar-refractivity contribution >= 4 is 5.91 Å². The lowest BCUT2D eigenvalue weighted by Gasteiger charge is -2.30. The summed E-state index contributed by atoms with van der Waals surface area (Å²) in [5.74, 6) is 1.19. The molecule has 3 rings (SSSR count). The Morgan fingerprint density at radius 2 is 2.14 bits per heavy atom. The van der Waals surface area contributed by atoms with Gasteiger partial charge in [-0.25, -0.2) is 0 Å². The van der Waals surface area contributed by atoms with E-state index in [1.54, 1.807) is 0 Å². The van der Waals surface area contributed by atoms with Gasteiger partial charge in [0.2, 0.25) is 11.7 Å². The first-order valence-electron chi connectivity index (χ1n) is 7.33. The number of piperidine rings is 1. The summed E-state index contributed by atoms with van der Waals surface area (Å²) in [6.45, 7) is 4.01. The number of amides is 1. The van der Waals surface area contributed by atoms with E-state index in [-0.39, 0.29) is 12.5 Å². The van der Waals surface area contributed by atoms with Gasteiger partial charge in [-0.2, -0.15) is 4.80 Å². The van der Waals surface area contributed by atoms with E-state index in [9.17, 15) is 4.79 Å². The van der Waals surface area contributed by atoms with Crippen LogP contribution in [-0.4, -0.2) is 44.1 Å². The highest BCUT2D eigenvalue weighted by Gasteiger charge is 2.21. The summed E-state index contributed by atoms with van der Waals surface area (Å²) in [7, 11) is 0. The van der Waals surface area contributed by atoms with E-state index in [1.165, 1.54) is 11.2 Å². The molecule has 0 bridgehead atoms. The van der Waals surface area contributed by atoms with Crippen molar-refractivity contribution < 1.29 is 4.79 Å². The van der Waals surface area contributed by atoms with Crippen LogP contribution in [0.1, 0.15) is 19.8 Å². The lowest BCUT2D eigenvalue weighted by Crippen LogP contribution is -2.41. The van der Waals surface area contributed by atoms with E-state index in [0.29, 0.717) is 11.7 Å². The first kappa shape index (κ1) is 13.7. The Hall–Kier alpha value is -2.24. The van der Waals surface area contributed by atoms with Crippen LogP contribution in [0.25, 0.3) is 11.4 Å². The zero-order valence-corrected chi connectivity index (χ0v) is 12.1. The van der Waals surface area contributed by atoms with E-state index in [1.807, 2.05) is 35.2 Å². The fourth-order valence-corrected chi connectivity index (χ4v) is 2.65. The van der Waals surface area contributed by atoms with E-state index < -0.39 is 0 Å². The highest BCUT2D eigenvalue weighted by Crippen LogP contribution is 2.16. The van der Waals surface area contributed by atoms with E-state index in [2.05, 4.69) is 22.3 Å². The van der Waals surface area contributed by atoms with Crippen molar-refractivity contribution in [3.63, 3.8) is 0 Å². The summed E-state index contributed by atoms with van der Waals surface area (Å²) in [5, 5.41) is 12.3. The number of nitrogens with zero attached hydrogens (tertiary/aromatic N) is 5. The quantitative estimate of drug-likeness (QED) is 0.859. The SMILES string of the molecule is C[C@H]1CCCN(C(=O)Cn2nnc(-c3ccccc3)n2)C1. The van der Waals surface area contributed by atoms with Gasteiger partial charge in [0.1, 0.15) is 6.54 Å². The average Bonchev–Trinajstić information content (AvgIpc) is 2.97. The third-order valence-corrected chi connectivity index (χ3v) is 3.77. The minimum Gasteiger partial charge on any atom is -0.341 e. The lowest BCUT2D eigenvalue weighted by atomic mass is 10.0. The third-order valence-electron chi connectivity index (χ3n) is 3.77. The Labute approximate surface area is 123 Å². The monoisotopic (exact) mass is 285 g/mol. The van der Waals surface area contributed by atoms with Crippen LogP contribution >= 0.6 is 0 Å². The number of hydrogen-bond acceptors (Lipinski definition) is 4. The Kier molecular flexibility index (Phi) is 3.94. The van der Waals surface area contributed by atoms with Gasteiger partial charge in [0.15, 0.2) is 0 Å². The van der Waals surface area contributed by atoms with Crippen LogP contribution in [0.3, 0.4) is 0 Å². The third kappa shape index (κ3) is 3.26. The topological polar surface area (TPSA) is 63.9 Å². The molecule has 1 aliphatic rings. The maximum Gasteiger partial charge on any atom is 0.246 e.